The largest absolute Gasteiger partial charge is 0.462 e. The SMILES string of the molecule is CC1(C#Cc2ccc3c(c2)[C@@]2(COC(N)=N2)c2cc(C4=CCOCC4)ncc2O3)COC1. The summed E-state index contributed by atoms with van der Waals surface area (Å²) in [5.74, 6) is 8.01. The number of ether oxygens (including phenoxy) is 4. The Bertz CT molecular complexity index is 1240. The molecular formula is C25H23N3O4. The van der Waals surface area contributed by atoms with E-state index in [9.17, 15) is 0 Å². The van der Waals surface area contributed by atoms with Crippen molar-refractivity contribution in [3.05, 3.63) is 58.9 Å². The molecule has 2 aromatic rings. The highest BCUT2D eigenvalue weighted by Gasteiger charge is 2.47. The molecule has 0 radical (unpaired) electrons. The van der Waals surface area contributed by atoms with Crippen molar-refractivity contribution in [3.63, 3.8) is 0 Å². The number of pyridine rings is 1. The van der Waals surface area contributed by atoms with Crippen molar-refractivity contribution in [2.75, 3.05) is 33.0 Å². The summed E-state index contributed by atoms with van der Waals surface area (Å²) in [6, 6.07) is 8.15. The molecule has 32 heavy (non-hydrogen) atoms. The number of hydrogen-bond donors (Lipinski definition) is 1. The van der Waals surface area contributed by atoms with Crippen LogP contribution < -0.4 is 10.5 Å². The monoisotopic (exact) mass is 429 g/mol. The molecule has 0 amide bonds. The van der Waals surface area contributed by atoms with Crippen LogP contribution in [-0.2, 0) is 19.7 Å². The van der Waals surface area contributed by atoms with Gasteiger partial charge in [0.1, 0.15) is 12.4 Å². The van der Waals surface area contributed by atoms with Crippen LogP contribution in [0.25, 0.3) is 5.57 Å². The standard InChI is InChI=1S/C25H23N3O4/c1-24(13-30-14-24)7-4-16-2-3-21-18(10-16)25(15-31-23(26)28-25)19-11-20(27-12-22(19)32-21)17-5-8-29-9-6-17/h2-3,5,10-12H,6,8-9,13-15H2,1H3,(H2,26,28)/t25-/m0/s1. The average Bonchev–Trinajstić information content (AvgIpc) is 3.19. The molecular weight excluding hydrogens is 406 g/mol. The number of hydrogen-bond acceptors (Lipinski definition) is 7. The second-order valence-corrected chi connectivity index (χ2v) is 8.84. The lowest BCUT2D eigenvalue weighted by molar-refractivity contribution is -0.0648. The van der Waals surface area contributed by atoms with Crippen molar-refractivity contribution in [3.8, 4) is 23.3 Å². The third-order valence-electron chi connectivity index (χ3n) is 6.33. The summed E-state index contributed by atoms with van der Waals surface area (Å²) in [4.78, 5) is 9.43. The topological polar surface area (TPSA) is 88.2 Å². The highest BCUT2D eigenvalue weighted by atomic mass is 16.5. The predicted molar refractivity (Wildman–Crippen MR) is 118 cm³/mol. The zero-order chi connectivity index (χ0) is 21.8. The number of nitrogens with zero attached hydrogens (tertiary/aromatic N) is 2. The van der Waals surface area contributed by atoms with Crippen molar-refractivity contribution in [1.29, 1.82) is 0 Å². The molecule has 162 valence electrons. The van der Waals surface area contributed by atoms with Gasteiger partial charge in [0.25, 0.3) is 6.02 Å². The maximum atomic E-state index is 6.23. The first kappa shape index (κ1) is 19.4. The van der Waals surface area contributed by atoms with Crippen molar-refractivity contribution >= 4 is 11.6 Å². The number of rotatable bonds is 1. The molecule has 4 aliphatic heterocycles. The Morgan fingerprint density at radius 2 is 1.94 bits per heavy atom. The fraction of sp³-hybridized carbons (Fsp3) is 0.360. The van der Waals surface area contributed by atoms with Gasteiger partial charge in [0.05, 0.1) is 43.7 Å². The minimum atomic E-state index is -0.794. The summed E-state index contributed by atoms with van der Waals surface area (Å²) in [7, 11) is 0. The van der Waals surface area contributed by atoms with Gasteiger partial charge in [-0.15, -0.1) is 0 Å². The van der Waals surface area contributed by atoms with Gasteiger partial charge in [-0.25, -0.2) is 4.99 Å². The maximum Gasteiger partial charge on any atom is 0.283 e. The van der Waals surface area contributed by atoms with E-state index in [-0.39, 0.29) is 11.4 Å². The Morgan fingerprint density at radius 1 is 1.06 bits per heavy atom. The molecule has 7 heteroatoms. The van der Waals surface area contributed by atoms with Gasteiger partial charge in [-0.2, -0.15) is 0 Å². The van der Waals surface area contributed by atoms with Gasteiger partial charge in [-0.1, -0.05) is 17.9 Å². The number of fused-ring (bicyclic) bond motifs is 4. The molecule has 6 rings (SSSR count). The zero-order valence-electron chi connectivity index (χ0n) is 17.8. The van der Waals surface area contributed by atoms with Crippen LogP contribution in [0, 0.1) is 17.3 Å². The number of aliphatic imine (C=N–C) groups is 1. The molecule has 1 aromatic carbocycles. The van der Waals surface area contributed by atoms with Gasteiger partial charge < -0.3 is 24.7 Å². The Hall–Kier alpha value is -3.34. The van der Waals surface area contributed by atoms with Crippen molar-refractivity contribution < 1.29 is 18.9 Å². The van der Waals surface area contributed by atoms with E-state index in [1.54, 1.807) is 6.20 Å². The van der Waals surface area contributed by atoms with Crippen LogP contribution in [0.2, 0.25) is 0 Å². The average molecular weight is 429 g/mol. The Balaban J connectivity index is 1.47. The van der Waals surface area contributed by atoms with Crippen LogP contribution in [0.3, 0.4) is 0 Å². The molecule has 1 spiro atoms. The molecule has 0 bridgehead atoms. The highest BCUT2D eigenvalue weighted by Crippen LogP contribution is 2.51. The van der Waals surface area contributed by atoms with E-state index >= 15 is 0 Å². The molecule has 1 atom stereocenters. The molecule has 1 fully saturated rings. The van der Waals surface area contributed by atoms with Gasteiger partial charge in [-0.05, 0) is 43.2 Å². The molecule has 7 nitrogen and oxygen atoms in total. The Morgan fingerprint density at radius 3 is 2.66 bits per heavy atom. The van der Waals surface area contributed by atoms with E-state index in [0.717, 1.165) is 34.4 Å². The summed E-state index contributed by atoms with van der Waals surface area (Å²) in [6.45, 7) is 5.02. The molecule has 0 unspecified atom stereocenters. The van der Waals surface area contributed by atoms with E-state index in [2.05, 4.69) is 29.8 Å². The second-order valence-electron chi connectivity index (χ2n) is 8.84. The Labute approximate surface area is 186 Å². The van der Waals surface area contributed by atoms with E-state index in [1.165, 1.54) is 0 Å². The van der Waals surface area contributed by atoms with E-state index in [0.29, 0.717) is 44.5 Å². The van der Waals surface area contributed by atoms with Gasteiger partial charge >= 0.3 is 0 Å². The van der Waals surface area contributed by atoms with Crippen LogP contribution >= 0.6 is 0 Å². The lowest BCUT2D eigenvalue weighted by atomic mass is 9.80. The quantitative estimate of drug-likeness (QED) is 0.702. The lowest BCUT2D eigenvalue weighted by Crippen LogP contribution is -2.38. The molecule has 2 N–H and O–H groups in total. The van der Waals surface area contributed by atoms with E-state index < -0.39 is 5.54 Å². The molecule has 5 heterocycles. The second kappa shape index (κ2) is 7.09. The third-order valence-corrected chi connectivity index (χ3v) is 6.33. The van der Waals surface area contributed by atoms with E-state index in [1.807, 2.05) is 24.3 Å². The first-order valence-corrected chi connectivity index (χ1v) is 10.7. The van der Waals surface area contributed by atoms with Gasteiger partial charge in [-0.3, -0.25) is 4.98 Å². The van der Waals surface area contributed by atoms with E-state index in [4.69, 9.17) is 29.7 Å². The van der Waals surface area contributed by atoms with Gasteiger partial charge in [0.2, 0.25) is 0 Å². The first-order valence-electron chi connectivity index (χ1n) is 10.7. The number of amidine groups is 1. The van der Waals surface area contributed by atoms with Gasteiger partial charge in [0, 0.05) is 16.7 Å². The minimum absolute atomic E-state index is 0.0895. The first-order chi connectivity index (χ1) is 15.5. The zero-order valence-corrected chi connectivity index (χ0v) is 17.8. The van der Waals surface area contributed by atoms with Crippen LogP contribution in [0.4, 0.5) is 0 Å². The van der Waals surface area contributed by atoms with Crippen molar-refractivity contribution in [2.45, 2.75) is 18.9 Å². The minimum Gasteiger partial charge on any atom is -0.462 e. The molecule has 4 aliphatic rings. The normalized spacial score (nSPS) is 24.5. The van der Waals surface area contributed by atoms with Crippen LogP contribution in [-0.4, -0.2) is 44.0 Å². The third kappa shape index (κ3) is 3.07. The summed E-state index contributed by atoms with van der Waals surface area (Å²) in [6.07, 6.45) is 4.66. The predicted octanol–water partition coefficient (Wildman–Crippen LogP) is 2.97. The number of nitrogens with two attached hydrogens (primary N) is 1. The number of aromatic nitrogens is 1. The summed E-state index contributed by atoms with van der Waals surface area (Å²) in [5.41, 5.74) is 9.87. The summed E-state index contributed by atoms with van der Waals surface area (Å²) >= 11 is 0. The van der Waals surface area contributed by atoms with Crippen molar-refractivity contribution in [1.82, 2.24) is 4.98 Å². The summed E-state index contributed by atoms with van der Waals surface area (Å²) in [5, 5.41) is 0. The van der Waals surface area contributed by atoms with Gasteiger partial charge in [0.15, 0.2) is 11.3 Å². The molecule has 0 aliphatic carbocycles. The smallest absolute Gasteiger partial charge is 0.283 e. The molecule has 1 saturated heterocycles. The lowest BCUT2D eigenvalue weighted by Gasteiger charge is -2.34. The molecule has 0 saturated carbocycles. The molecule has 1 aromatic heterocycles. The van der Waals surface area contributed by atoms with Crippen LogP contribution in [0.5, 0.6) is 11.5 Å². The fourth-order valence-corrected chi connectivity index (χ4v) is 4.48. The Kier molecular flexibility index (Phi) is 4.29. The van der Waals surface area contributed by atoms with Crippen LogP contribution in [0.1, 0.15) is 35.7 Å². The highest BCUT2D eigenvalue weighted by molar-refractivity contribution is 5.77. The van der Waals surface area contributed by atoms with Crippen molar-refractivity contribution in [2.24, 2.45) is 16.1 Å². The van der Waals surface area contributed by atoms with Crippen LogP contribution in [0.15, 0.2) is 41.5 Å². The number of benzene rings is 1. The fourth-order valence-electron chi connectivity index (χ4n) is 4.48. The summed E-state index contributed by atoms with van der Waals surface area (Å²) < 4.78 is 22.7. The maximum absolute atomic E-state index is 6.23.